The van der Waals surface area contributed by atoms with Crippen molar-refractivity contribution < 1.29 is 9.53 Å². The number of carbonyl (C=O) groups is 1. The van der Waals surface area contributed by atoms with Crippen molar-refractivity contribution in [2.75, 3.05) is 39.8 Å². The Hall–Kier alpha value is -0.770. The summed E-state index contributed by atoms with van der Waals surface area (Å²) < 4.78 is 4.79. The Morgan fingerprint density at radius 1 is 1.22 bits per heavy atom. The number of rotatable bonds is 8. The highest BCUT2D eigenvalue weighted by Gasteiger charge is 2.23. The van der Waals surface area contributed by atoms with Crippen molar-refractivity contribution in [2.24, 2.45) is 4.99 Å². The largest absolute Gasteiger partial charge is 0.453 e. The minimum Gasteiger partial charge on any atom is -0.453 e. The molecule has 0 atom stereocenters. The van der Waals surface area contributed by atoms with Crippen LogP contribution in [0.5, 0.6) is 0 Å². The van der Waals surface area contributed by atoms with Crippen molar-refractivity contribution in [3.05, 3.63) is 0 Å². The Balaban J connectivity index is 0.00000676. The predicted molar refractivity (Wildman–Crippen MR) is 123 cm³/mol. The van der Waals surface area contributed by atoms with Gasteiger partial charge in [-0.15, -0.1) is 24.0 Å². The van der Waals surface area contributed by atoms with Crippen molar-refractivity contribution in [1.82, 2.24) is 20.4 Å². The van der Waals surface area contributed by atoms with E-state index in [2.05, 4.69) is 50.2 Å². The molecule has 1 aliphatic rings. The molecule has 27 heavy (non-hydrogen) atoms. The van der Waals surface area contributed by atoms with E-state index in [0.717, 1.165) is 57.9 Å². The average molecular weight is 497 g/mol. The number of aliphatic imine (C=N–C) groups is 1. The number of likely N-dealkylation sites (tertiary alicyclic amines) is 1. The fourth-order valence-corrected chi connectivity index (χ4v) is 3.41. The van der Waals surface area contributed by atoms with Gasteiger partial charge in [0, 0.05) is 50.8 Å². The molecule has 0 unspecified atom stereocenters. The van der Waals surface area contributed by atoms with Gasteiger partial charge < -0.3 is 20.3 Å². The summed E-state index contributed by atoms with van der Waals surface area (Å²) >= 11 is 0. The maximum Gasteiger partial charge on any atom is 0.409 e. The van der Waals surface area contributed by atoms with Crippen molar-refractivity contribution >= 4 is 36.0 Å². The SMILES string of the molecule is CCNC(=NCCCN(C(C)C)C(C)C)NC1CCN(C(=O)OC)CC1.I. The zero-order valence-electron chi connectivity index (χ0n) is 18.0. The van der Waals surface area contributed by atoms with Crippen LogP contribution in [0, 0.1) is 0 Å². The summed E-state index contributed by atoms with van der Waals surface area (Å²) in [6.07, 6.45) is 2.64. The van der Waals surface area contributed by atoms with E-state index >= 15 is 0 Å². The number of nitrogens with one attached hydrogen (secondary N) is 2. The number of ether oxygens (including phenoxy) is 1. The molecule has 1 amide bonds. The molecule has 8 heteroatoms. The van der Waals surface area contributed by atoms with Crippen LogP contribution in [0.1, 0.15) is 53.9 Å². The van der Waals surface area contributed by atoms with Crippen LogP contribution in [-0.4, -0.2) is 79.8 Å². The van der Waals surface area contributed by atoms with Crippen LogP contribution in [-0.2, 0) is 4.74 Å². The molecular weight excluding hydrogens is 457 g/mol. The van der Waals surface area contributed by atoms with E-state index in [4.69, 9.17) is 9.73 Å². The number of nitrogens with zero attached hydrogens (tertiary/aromatic N) is 3. The van der Waals surface area contributed by atoms with E-state index in [1.807, 2.05) is 0 Å². The fourth-order valence-electron chi connectivity index (χ4n) is 3.41. The van der Waals surface area contributed by atoms with E-state index in [1.54, 1.807) is 4.90 Å². The number of hydrogen-bond acceptors (Lipinski definition) is 4. The van der Waals surface area contributed by atoms with E-state index in [1.165, 1.54) is 7.11 Å². The highest BCUT2D eigenvalue weighted by Crippen LogP contribution is 2.11. The third kappa shape index (κ3) is 9.82. The number of halogens is 1. The van der Waals surface area contributed by atoms with E-state index in [-0.39, 0.29) is 30.1 Å². The predicted octanol–water partition coefficient (Wildman–Crippen LogP) is 2.90. The molecular formula is C19H40IN5O2. The van der Waals surface area contributed by atoms with Crippen LogP contribution in [0.2, 0.25) is 0 Å². The van der Waals surface area contributed by atoms with Gasteiger partial charge in [-0.25, -0.2) is 4.79 Å². The second-order valence-electron chi connectivity index (χ2n) is 7.42. The summed E-state index contributed by atoms with van der Waals surface area (Å²) in [5.74, 6) is 0.879. The molecule has 0 aromatic heterocycles. The number of piperidine rings is 1. The quantitative estimate of drug-likeness (QED) is 0.234. The van der Waals surface area contributed by atoms with Crippen LogP contribution in [0.25, 0.3) is 0 Å². The van der Waals surface area contributed by atoms with Crippen molar-refractivity contribution in [2.45, 2.75) is 72.0 Å². The van der Waals surface area contributed by atoms with Crippen LogP contribution in [0.15, 0.2) is 4.99 Å². The second-order valence-corrected chi connectivity index (χ2v) is 7.42. The Kier molecular flexibility index (Phi) is 13.9. The van der Waals surface area contributed by atoms with Crippen LogP contribution >= 0.6 is 24.0 Å². The molecule has 0 saturated carbocycles. The second kappa shape index (κ2) is 14.3. The highest BCUT2D eigenvalue weighted by molar-refractivity contribution is 14.0. The Labute approximate surface area is 182 Å². The minimum atomic E-state index is -0.233. The van der Waals surface area contributed by atoms with Gasteiger partial charge in [-0.2, -0.15) is 0 Å². The normalized spacial score (nSPS) is 15.9. The summed E-state index contributed by atoms with van der Waals surface area (Å²) in [5, 5.41) is 6.84. The molecule has 0 radical (unpaired) electrons. The third-order valence-electron chi connectivity index (χ3n) is 4.78. The lowest BCUT2D eigenvalue weighted by molar-refractivity contribution is 0.111. The molecule has 0 aromatic carbocycles. The van der Waals surface area contributed by atoms with Crippen LogP contribution < -0.4 is 10.6 Å². The standard InChI is InChI=1S/C19H39N5O2.HI/c1-7-20-18(21-11-8-12-24(15(2)3)16(4)5)22-17-9-13-23(14-10-17)19(25)26-6;/h15-17H,7-14H2,1-6H3,(H2,20,21,22);1H. The molecule has 1 aliphatic heterocycles. The maximum atomic E-state index is 11.6. The molecule has 0 spiro atoms. The van der Waals surface area contributed by atoms with Gasteiger partial charge in [-0.1, -0.05) is 0 Å². The minimum absolute atomic E-state index is 0. The summed E-state index contributed by atoms with van der Waals surface area (Å²) in [5.41, 5.74) is 0. The van der Waals surface area contributed by atoms with Crippen LogP contribution in [0.4, 0.5) is 4.79 Å². The van der Waals surface area contributed by atoms with Gasteiger partial charge in [0.15, 0.2) is 5.96 Å². The monoisotopic (exact) mass is 497 g/mol. The Morgan fingerprint density at radius 2 is 1.81 bits per heavy atom. The first-order valence-corrected chi connectivity index (χ1v) is 10.0. The molecule has 1 rings (SSSR count). The lowest BCUT2D eigenvalue weighted by Crippen LogP contribution is -2.49. The van der Waals surface area contributed by atoms with Gasteiger partial charge in [0.1, 0.15) is 0 Å². The summed E-state index contributed by atoms with van der Waals surface area (Å²) in [4.78, 5) is 20.6. The molecule has 1 heterocycles. The summed E-state index contributed by atoms with van der Waals surface area (Å²) in [7, 11) is 1.43. The highest BCUT2D eigenvalue weighted by atomic mass is 127. The molecule has 0 aliphatic carbocycles. The molecule has 1 saturated heterocycles. The smallest absolute Gasteiger partial charge is 0.409 e. The van der Waals surface area contributed by atoms with Crippen molar-refractivity contribution in [3.63, 3.8) is 0 Å². The number of methoxy groups -OCH3 is 1. The summed E-state index contributed by atoms with van der Waals surface area (Å²) in [6, 6.07) is 1.47. The Bertz CT molecular complexity index is 430. The zero-order chi connectivity index (χ0) is 19.5. The van der Waals surface area contributed by atoms with Gasteiger partial charge in [-0.05, 0) is 53.9 Å². The van der Waals surface area contributed by atoms with Gasteiger partial charge in [0.05, 0.1) is 7.11 Å². The first-order chi connectivity index (χ1) is 12.4. The van der Waals surface area contributed by atoms with Gasteiger partial charge in [0.2, 0.25) is 0 Å². The number of hydrogen-bond donors (Lipinski definition) is 2. The molecule has 2 N–H and O–H groups in total. The maximum absolute atomic E-state index is 11.6. The number of carbonyl (C=O) groups excluding carboxylic acids is 1. The first kappa shape index (κ1) is 26.2. The third-order valence-corrected chi connectivity index (χ3v) is 4.78. The van der Waals surface area contributed by atoms with Crippen molar-refractivity contribution in [3.8, 4) is 0 Å². The molecule has 1 fully saturated rings. The van der Waals surface area contributed by atoms with Crippen molar-refractivity contribution in [1.29, 1.82) is 0 Å². The fraction of sp³-hybridized carbons (Fsp3) is 0.895. The topological polar surface area (TPSA) is 69.2 Å². The lowest BCUT2D eigenvalue weighted by Gasteiger charge is -2.32. The van der Waals surface area contributed by atoms with E-state index in [9.17, 15) is 4.79 Å². The number of guanidine groups is 1. The molecule has 160 valence electrons. The van der Waals surface area contributed by atoms with E-state index in [0.29, 0.717) is 18.1 Å². The Morgan fingerprint density at radius 3 is 2.30 bits per heavy atom. The average Bonchev–Trinajstić information content (AvgIpc) is 2.60. The van der Waals surface area contributed by atoms with Gasteiger partial charge in [0.25, 0.3) is 0 Å². The first-order valence-electron chi connectivity index (χ1n) is 10.0. The van der Waals surface area contributed by atoms with E-state index < -0.39 is 0 Å². The zero-order valence-corrected chi connectivity index (χ0v) is 20.3. The molecule has 0 bridgehead atoms. The summed E-state index contributed by atoms with van der Waals surface area (Å²) in [6.45, 7) is 15.2. The molecule has 0 aromatic rings. The lowest BCUT2D eigenvalue weighted by atomic mass is 10.1. The molecule has 7 nitrogen and oxygen atoms in total. The number of amides is 1. The van der Waals surface area contributed by atoms with Crippen LogP contribution in [0.3, 0.4) is 0 Å². The van der Waals surface area contributed by atoms with Gasteiger partial charge in [-0.3, -0.25) is 9.89 Å². The van der Waals surface area contributed by atoms with Gasteiger partial charge >= 0.3 is 6.09 Å².